The molecule has 0 aliphatic rings. The van der Waals surface area contributed by atoms with Crippen LogP contribution in [0.2, 0.25) is 0 Å². The van der Waals surface area contributed by atoms with Crippen molar-refractivity contribution in [2.24, 2.45) is 5.10 Å². The molecule has 2 amide bonds. The summed E-state index contributed by atoms with van der Waals surface area (Å²) in [5.41, 5.74) is 4.28. The van der Waals surface area contributed by atoms with Crippen molar-refractivity contribution in [3.63, 3.8) is 0 Å². The number of ether oxygens (including phenoxy) is 1. The second kappa shape index (κ2) is 9.62. The summed E-state index contributed by atoms with van der Waals surface area (Å²) < 4.78 is 5.50. The van der Waals surface area contributed by atoms with Gasteiger partial charge in [0.2, 0.25) is 5.91 Å². The fraction of sp³-hybridized carbons (Fsp3) is 0.211. The van der Waals surface area contributed by atoms with Crippen LogP contribution in [0.25, 0.3) is 0 Å². The summed E-state index contributed by atoms with van der Waals surface area (Å²) in [5, 5.41) is 6.65. The summed E-state index contributed by atoms with van der Waals surface area (Å²) in [4.78, 5) is 24.7. The first-order valence-corrected chi connectivity index (χ1v) is 9.28. The maximum Gasteiger partial charge on any atom is 0.275 e. The molecule has 2 aromatic rings. The first kappa shape index (κ1) is 19.5. The summed E-state index contributed by atoms with van der Waals surface area (Å²) in [7, 11) is 0. The Balaban J connectivity index is 2.09. The van der Waals surface area contributed by atoms with Gasteiger partial charge in [-0.1, -0.05) is 12.1 Å². The van der Waals surface area contributed by atoms with Crippen molar-refractivity contribution in [2.75, 3.05) is 18.2 Å². The van der Waals surface area contributed by atoms with Crippen molar-refractivity contribution in [1.82, 2.24) is 5.43 Å². The zero-order valence-electron chi connectivity index (χ0n) is 14.9. The molecule has 0 fully saturated rings. The van der Waals surface area contributed by atoms with E-state index in [1.54, 1.807) is 36.2 Å². The minimum absolute atomic E-state index is 0.193. The second-order valence-electron chi connectivity index (χ2n) is 5.30. The summed E-state index contributed by atoms with van der Waals surface area (Å²) in [5.74, 6) is -0.197. The molecule has 2 N–H and O–H groups in total. The number of hydrogen-bond donors (Lipinski definition) is 2. The Morgan fingerprint density at radius 2 is 1.92 bits per heavy atom. The van der Waals surface area contributed by atoms with Crippen molar-refractivity contribution in [1.29, 1.82) is 0 Å². The van der Waals surface area contributed by atoms with Crippen molar-refractivity contribution in [3.8, 4) is 5.75 Å². The van der Waals surface area contributed by atoms with Crippen LogP contribution in [0.1, 0.15) is 29.8 Å². The lowest BCUT2D eigenvalue weighted by Gasteiger charge is -2.11. The highest BCUT2D eigenvalue weighted by Crippen LogP contribution is 2.23. The molecule has 0 saturated carbocycles. The summed E-state index contributed by atoms with van der Waals surface area (Å²) in [6, 6.07) is 12.7. The van der Waals surface area contributed by atoms with Gasteiger partial charge in [0.05, 0.1) is 18.4 Å². The number of benzene rings is 2. The van der Waals surface area contributed by atoms with Crippen molar-refractivity contribution in [3.05, 3.63) is 53.6 Å². The summed E-state index contributed by atoms with van der Waals surface area (Å²) in [6.07, 6.45) is 3.59. The molecule has 2 aromatic carbocycles. The van der Waals surface area contributed by atoms with Crippen LogP contribution in [0, 0.1) is 0 Å². The predicted octanol–water partition coefficient (Wildman–Crippen LogP) is 3.53. The first-order chi connectivity index (χ1) is 12.5. The fourth-order valence-electron chi connectivity index (χ4n) is 2.18. The highest BCUT2D eigenvalue weighted by molar-refractivity contribution is 7.98. The van der Waals surface area contributed by atoms with E-state index in [1.165, 1.54) is 6.92 Å². The maximum atomic E-state index is 12.4. The van der Waals surface area contributed by atoms with E-state index in [2.05, 4.69) is 15.8 Å². The number of anilines is 1. The zero-order valence-corrected chi connectivity index (χ0v) is 15.7. The van der Waals surface area contributed by atoms with Gasteiger partial charge in [-0.2, -0.15) is 5.10 Å². The van der Waals surface area contributed by atoms with Crippen molar-refractivity contribution in [2.45, 2.75) is 18.7 Å². The van der Waals surface area contributed by atoms with Gasteiger partial charge in [-0.05, 0) is 43.0 Å². The minimum atomic E-state index is -0.389. The van der Waals surface area contributed by atoms with Gasteiger partial charge in [0.25, 0.3) is 5.91 Å². The van der Waals surface area contributed by atoms with Crippen LogP contribution in [-0.4, -0.2) is 30.9 Å². The molecule has 0 aromatic heterocycles. The van der Waals surface area contributed by atoms with Gasteiger partial charge >= 0.3 is 0 Å². The fourth-order valence-corrected chi connectivity index (χ4v) is 2.59. The normalized spacial score (nSPS) is 10.6. The molecule has 136 valence electrons. The number of nitrogens with zero attached hydrogens (tertiary/aromatic N) is 1. The molecule has 0 bridgehead atoms. The van der Waals surface area contributed by atoms with Gasteiger partial charge in [-0.3, -0.25) is 9.59 Å². The number of carbonyl (C=O) groups excluding carboxylic acids is 2. The zero-order chi connectivity index (χ0) is 18.9. The maximum absolute atomic E-state index is 12.4. The Morgan fingerprint density at radius 1 is 1.19 bits per heavy atom. The molecule has 2 rings (SSSR count). The lowest BCUT2D eigenvalue weighted by Crippen LogP contribution is -2.19. The number of hydrazone groups is 1. The Hall–Kier alpha value is -2.80. The number of hydrogen-bond acceptors (Lipinski definition) is 5. The van der Waals surface area contributed by atoms with E-state index in [-0.39, 0.29) is 11.8 Å². The summed E-state index contributed by atoms with van der Waals surface area (Å²) in [6.45, 7) is 3.64. The molecule has 0 radical (unpaired) electrons. The van der Waals surface area contributed by atoms with Crippen LogP contribution in [0.3, 0.4) is 0 Å². The van der Waals surface area contributed by atoms with Crippen molar-refractivity contribution >= 4 is 35.5 Å². The average Bonchev–Trinajstić information content (AvgIpc) is 2.62. The van der Waals surface area contributed by atoms with Gasteiger partial charge in [-0.25, -0.2) is 5.43 Å². The average molecular weight is 371 g/mol. The lowest BCUT2D eigenvalue weighted by molar-refractivity contribution is -0.114. The number of rotatable bonds is 7. The molecule has 0 aliphatic carbocycles. The van der Waals surface area contributed by atoms with Crippen LogP contribution in [0.15, 0.2) is 52.5 Å². The quantitative estimate of drug-likeness (QED) is 0.443. The topological polar surface area (TPSA) is 79.8 Å². The van der Waals surface area contributed by atoms with Crippen molar-refractivity contribution < 1.29 is 14.3 Å². The van der Waals surface area contributed by atoms with E-state index in [9.17, 15) is 9.59 Å². The van der Waals surface area contributed by atoms with Crippen LogP contribution < -0.4 is 15.5 Å². The van der Waals surface area contributed by atoms with Crippen LogP contribution in [-0.2, 0) is 4.79 Å². The third-order valence-corrected chi connectivity index (χ3v) is 4.09. The Labute approximate surface area is 157 Å². The van der Waals surface area contributed by atoms with E-state index in [0.29, 0.717) is 23.6 Å². The highest BCUT2D eigenvalue weighted by atomic mass is 32.2. The number of amides is 2. The van der Waals surface area contributed by atoms with Crippen LogP contribution in [0.4, 0.5) is 5.69 Å². The van der Waals surface area contributed by atoms with Crippen LogP contribution >= 0.6 is 11.8 Å². The Bertz CT molecular complexity index is 804. The van der Waals surface area contributed by atoms with Gasteiger partial charge in [0.1, 0.15) is 5.75 Å². The number of thioether (sulfide) groups is 1. The van der Waals surface area contributed by atoms with Gasteiger partial charge < -0.3 is 10.1 Å². The summed E-state index contributed by atoms with van der Waals surface area (Å²) >= 11 is 1.66. The number of carbonyl (C=O) groups is 2. The molecule has 6 nitrogen and oxygen atoms in total. The minimum Gasteiger partial charge on any atom is -0.493 e. The monoisotopic (exact) mass is 371 g/mol. The van der Waals surface area contributed by atoms with Gasteiger partial charge in [0, 0.05) is 23.6 Å². The predicted molar refractivity (Wildman–Crippen MR) is 105 cm³/mol. The molecule has 7 heteroatoms. The first-order valence-electron chi connectivity index (χ1n) is 8.05. The van der Waals surface area contributed by atoms with Crippen LogP contribution in [0.5, 0.6) is 5.75 Å². The van der Waals surface area contributed by atoms with Gasteiger partial charge in [0.15, 0.2) is 0 Å². The molecule has 0 heterocycles. The lowest BCUT2D eigenvalue weighted by atomic mass is 10.1. The molecule has 0 unspecified atom stereocenters. The Kier molecular flexibility index (Phi) is 7.23. The highest BCUT2D eigenvalue weighted by Gasteiger charge is 2.13. The third kappa shape index (κ3) is 5.63. The van der Waals surface area contributed by atoms with E-state index in [0.717, 1.165) is 10.5 Å². The second-order valence-corrected chi connectivity index (χ2v) is 6.18. The van der Waals surface area contributed by atoms with E-state index in [1.807, 2.05) is 37.4 Å². The third-order valence-electron chi connectivity index (χ3n) is 3.34. The van der Waals surface area contributed by atoms with E-state index >= 15 is 0 Å². The molecule has 0 atom stereocenters. The molecule has 0 spiro atoms. The van der Waals surface area contributed by atoms with Gasteiger partial charge in [-0.15, -0.1) is 11.8 Å². The smallest absolute Gasteiger partial charge is 0.275 e. The standard InChI is InChI=1S/C19H21N3O3S/c1-4-25-18-11-15(21-13(2)23)7-10-17(18)19(24)22-20-12-14-5-8-16(26-3)9-6-14/h5-12H,4H2,1-3H3,(H,21,23)(H,22,24)/b20-12-. The Morgan fingerprint density at radius 3 is 2.54 bits per heavy atom. The molecular weight excluding hydrogens is 350 g/mol. The van der Waals surface area contributed by atoms with E-state index < -0.39 is 0 Å². The molecular formula is C19H21N3O3S. The largest absolute Gasteiger partial charge is 0.493 e. The van der Waals surface area contributed by atoms with E-state index in [4.69, 9.17) is 4.74 Å². The number of nitrogens with one attached hydrogen (secondary N) is 2. The molecule has 0 aliphatic heterocycles. The molecule has 26 heavy (non-hydrogen) atoms. The SMILES string of the molecule is CCOc1cc(NC(C)=O)ccc1C(=O)N/N=C\c1ccc(SC)cc1. The molecule has 0 saturated heterocycles.